The molecule has 0 aromatic carbocycles. The first-order chi connectivity index (χ1) is 6.26. The van der Waals surface area contributed by atoms with Crippen LogP contribution in [0.1, 0.15) is 24.3 Å². The summed E-state index contributed by atoms with van der Waals surface area (Å²) in [5, 5.41) is 2.09. The second-order valence-electron chi connectivity index (χ2n) is 2.76. The van der Waals surface area contributed by atoms with Crippen molar-refractivity contribution in [3.05, 3.63) is 21.9 Å². The van der Waals surface area contributed by atoms with Crippen molar-refractivity contribution in [1.29, 1.82) is 0 Å². The Hall–Kier alpha value is -0.830. The van der Waals surface area contributed by atoms with Crippen LogP contribution in [0.4, 0.5) is 0 Å². The maximum atomic E-state index is 11.1. The lowest BCUT2D eigenvalue weighted by Crippen LogP contribution is -2.06. The van der Waals surface area contributed by atoms with Gasteiger partial charge in [-0.2, -0.15) is 0 Å². The van der Waals surface area contributed by atoms with E-state index in [1.807, 2.05) is 6.92 Å². The van der Waals surface area contributed by atoms with Crippen molar-refractivity contribution in [2.45, 2.75) is 26.7 Å². The Labute approximate surface area is 82.5 Å². The summed E-state index contributed by atoms with van der Waals surface area (Å²) in [6, 6.07) is 2.07. The minimum atomic E-state index is -0.132. The normalized spacial score (nSPS) is 10.0. The second-order valence-corrected chi connectivity index (χ2v) is 3.75. The van der Waals surface area contributed by atoms with Crippen molar-refractivity contribution in [1.82, 2.24) is 0 Å². The molecule has 0 aliphatic heterocycles. The number of hydrogen-bond donors (Lipinski definition) is 0. The van der Waals surface area contributed by atoms with Gasteiger partial charge in [0.2, 0.25) is 0 Å². The fourth-order valence-corrected chi connectivity index (χ4v) is 2.02. The van der Waals surface area contributed by atoms with Crippen LogP contribution in [0.15, 0.2) is 11.4 Å². The highest BCUT2D eigenvalue weighted by Gasteiger charge is 2.05. The number of carbonyl (C=O) groups is 1. The maximum Gasteiger partial charge on any atom is 0.311 e. The molecule has 0 bridgehead atoms. The number of hydrogen-bond acceptors (Lipinski definition) is 3. The topological polar surface area (TPSA) is 26.3 Å². The Balaban J connectivity index is 2.49. The average Bonchev–Trinajstić information content (AvgIpc) is 2.52. The molecule has 0 aliphatic carbocycles. The molecule has 1 aromatic heterocycles. The predicted octanol–water partition coefficient (Wildman–Crippen LogP) is 2.42. The summed E-state index contributed by atoms with van der Waals surface area (Å²) < 4.78 is 4.86. The Morgan fingerprint density at radius 3 is 2.85 bits per heavy atom. The largest absolute Gasteiger partial charge is 0.466 e. The first kappa shape index (κ1) is 10.3. The zero-order valence-electron chi connectivity index (χ0n) is 8.00. The molecular weight excluding hydrogens is 184 g/mol. The Kier molecular flexibility index (Phi) is 3.96. The molecule has 0 amide bonds. The van der Waals surface area contributed by atoms with Crippen molar-refractivity contribution in [2.24, 2.45) is 0 Å². The van der Waals surface area contributed by atoms with Crippen LogP contribution in [0, 0.1) is 0 Å². The summed E-state index contributed by atoms with van der Waals surface area (Å²) in [7, 11) is 0. The van der Waals surface area contributed by atoms with Gasteiger partial charge >= 0.3 is 5.97 Å². The highest BCUT2D eigenvalue weighted by Crippen LogP contribution is 2.15. The molecule has 0 atom stereocenters. The van der Waals surface area contributed by atoms with Gasteiger partial charge in [-0.25, -0.2) is 0 Å². The van der Waals surface area contributed by atoms with Gasteiger partial charge in [0.15, 0.2) is 0 Å². The number of ether oxygens (including phenoxy) is 1. The van der Waals surface area contributed by atoms with E-state index in [4.69, 9.17) is 4.74 Å². The van der Waals surface area contributed by atoms with E-state index in [2.05, 4.69) is 18.4 Å². The maximum absolute atomic E-state index is 11.1. The van der Waals surface area contributed by atoms with Crippen LogP contribution < -0.4 is 0 Å². The van der Waals surface area contributed by atoms with E-state index < -0.39 is 0 Å². The summed E-state index contributed by atoms with van der Waals surface area (Å²) in [5.41, 5.74) is 1.30. The zero-order chi connectivity index (χ0) is 9.68. The van der Waals surface area contributed by atoms with Gasteiger partial charge in [0, 0.05) is 4.88 Å². The molecule has 1 heterocycles. The number of carbonyl (C=O) groups excluding carboxylic acids is 1. The van der Waals surface area contributed by atoms with Crippen molar-refractivity contribution in [2.75, 3.05) is 6.61 Å². The monoisotopic (exact) mass is 198 g/mol. The summed E-state index contributed by atoms with van der Waals surface area (Å²) in [6.45, 7) is 4.39. The van der Waals surface area contributed by atoms with Gasteiger partial charge in [-0.05, 0) is 30.4 Å². The molecule has 0 spiro atoms. The molecule has 0 unspecified atom stereocenters. The standard InChI is InChI=1S/C10H14O2S/c1-3-8-5-9(13-7-8)6-10(11)12-4-2/h5,7H,3-4,6H2,1-2H3. The minimum Gasteiger partial charge on any atom is -0.466 e. The van der Waals surface area contributed by atoms with Gasteiger partial charge in [0.1, 0.15) is 0 Å². The fraction of sp³-hybridized carbons (Fsp3) is 0.500. The van der Waals surface area contributed by atoms with Crippen molar-refractivity contribution in [3.63, 3.8) is 0 Å². The Bertz CT molecular complexity index is 278. The van der Waals surface area contributed by atoms with Gasteiger partial charge < -0.3 is 4.74 Å². The number of esters is 1. The molecule has 0 saturated carbocycles. The summed E-state index contributed by atoms with van der Waals surface area (Å²) in [6.07, 6.45) is 1.44. The smallest absolute Gasteiger partial charge is 0.311 e. The Morgan fingerprint density at radius 2 is 2.31 bits per heavy atom. The van der Waals surface area contributed by atoms with Gasteiger partial charge in [0.25, 0.3) is 0 Å². The molecule has 2 nitrogen and oxygen atoms in total. The van der Waals surface area contributed by atoms with Gasteiger partial charge in [-0.1, -0.05) is 6.92 Å². The molecule has 0 aliphatic rings. The van der Waals surface area contributed by atoms with Crippen LogP contribution in [0.25, 0.3) is 0 Å². The molecule has 0 saturated heterocycles. The predicted molar refractivity (Wildman–Crippen MR) is 54.0 cm³/mol. The minimum absolute atomic E-state index is 0.132. The van der Waals surface area contributed by atoms with E-state index >= 15 is 0 Å². The zero-order valence-corrected chi connectivity index (χ0v) is 8.82. The number of rotatable bonds is 4. The third-order valence-electron chi connectivity index (χ3n) is 1.74. The third-order valence-corrected chi connectivity index (χ3v) is 2.73. The molecule has 0 fully saturated rings. The van der Waals surface area contributed by atoms with Gasteiger partial charge in [-0.15, -0.1) is 11.3 Å². The molecule has 1 aromatic rings. The SMILES string of the molecule is CCOC(=O)Cc1cc(CC)cs1. The van der Waals surface area contributed by atoms with Gasteiger partial charge in [0.05, 0.1) is 13.0 Å². The van der Waals surface area contributed by atoms with Crippen LogP contribution in [0.5, 0.6) is 0 Å². The first-order valence-electron chi connectivity index (χ1n) is 4.48. The fourth-order valence-electron chi connectivity index (χ4n) is 1.06. The van der Waals surface area contributed by atoms with E-state index in [0.717, 1.165) is 11.3 Å². The summed E-state index contributed by atoms with van der Waals surface area (Å²) >= 11 is 1.63. The van der Waals surface area contributed by atoms with Crippen LogP contribution in [-0.2, 0) is 22.4 Å². The lowest BCUT2D eigenvalue weighted by Gasteiger charge is -1.98. The van der Waals surface area contributed by atoms with E-state index in [1.54, 1.807) is 11.3 Å². The van der Waals surface area contributed by atoms with E-state index in [0.29, 0.717) is 13.0 Å². The lowest BCUT2D eigenvalue weighted by molar-refractivity contribution is -0.142. The van der Waals surface area contributed by atoms with Gasteiger partial charge in [-0.3, -0.25) is 4.79 Å². The highest BCUT2D eigenvalue weighted by molar-refractivity contribution is 7.10. The van der Waals surface area contributed by atoms with Crippen LogP contribution >= 0.6 is 11.3 Å². The lowest BCUT2D eigenvalue weighted by atomic mass is 10.2. The molecular formula is C10H14O2S. The van der Waals surface area contributed by atoms with Crippen LogP contribution in [0.2, 0.25) is 0 Å². The van der Waals surface area contributed by atoms with Crippen molar-refractivity contribution < 1.29 is 9.53 Å². The van der Waals surface area contributed by atoms with Crippen molar-refractivity contribution in [3.8, 4) is 0 Å². The summed E-state index contributed by atoms with van der Waals surface area (Å²) in [4.78, 5) is 12.2. The number of aryl methyl sites for hydroxylation is 1. The van der Waals surface area contributed by atoms with Crippen LogP contribution in [-0.4, -0.2) is 12.6 Å². The molecule has 13 heavy (non-hydrogen) atoms. The van der Waals surface area contributed by atoms with Crippen LogP contribution in [0.3, 0.4) is 0 Å². The second kappa shape index (κ2) is 5.02. The summed E-state index contributed by atoms with van der Waals surface area (Å²) in [5.74, 6) is -0.132. The van der Waals surface area contributed by atoms with E-state index in [1.165, 1.54) is 5.56 Å². The number of thiophene rings is 1. The van der Waals surface area contributed by atoms with E-state index in [9.17, 15) is 4.79 Å². The molecule has 3 heteroatoms. The first-order valence-corrected chi connectivity index (χ1v) is 5.36. The van der Waals surface area contributed by atoms with Crippen molar-refractivity contribution >= 4 is 17.3 Å². The average molecular weight is 198 g/mol. The highest BCUT2D eigenvalue weighted by atomic mass is 32.1. The molecule has 72 valence electrons. The molecule has 0 radical (unpaired) electrons. The molecule has 0 N–H and O–H groups in total. The quantitative estimate of drug-likeness (QED) is 0.694. The van der Waals surface area contributed by atoms with E-state index in [-0.39, 0.29) is 5.97 Å². The molecule has 1 rings (SSSR count). The Morgan fingerprint density at radius 1 is 1.54 bits per heavy atom. The third kappa shape index (κ3) is 3.19.